The molecule has 0 spiro atoms. The number of hydrogen-bond acceptors (Lipinski definition) is 3. The summed E-state index contributed by atoms with van der Waals surface area (Å²) in [6.07, 6.45) is 0. The predicted octanol–water partition coefficient (Wildman–Crippen LogP) is 3.75. The molecule has 112 valence electrons. The van der Waals surface area contributed by atoms with Crippen molar-refractivity contribution in [1.29, 1.82) is 0 Å². The van der Waals surface area contributed by atoms with Crippen LogP contribution < -0.4 is 4.80 Å². The number of para-hydroxylation sites is 1. The second-order valence-electron chi connectivity index (χ2n) is 5.09. The molecular formula is C18H18N2OS. The van der Waals surface area contributed by atoms with E-state index in [9.17, 15) is 5.11 Å². The van der Waals surface area contributed by atoms with Crippen molar-refractivity contribution in [3.8, 4) is 11.3 Å². The molecule has 0 unspecified atom stereocenters. The molecule has 0 saturated carbocycles. The van der Waals surface area contributed by atoms with Gasteiger partial charge in [0.05, 0.1) is 18.0 Å². The summed E-state index contributed by atoms with van der Waals surface area (Å²) >= 11 is 1.60. The fourth-order valence-electron chi connectivity index (χ4n) is 2.30. The van der Waals surface area contributed by atoms with Gasteiger partial charge in [0, 0.05) is 11.9 Å². The van der Waals surface area contributed by atoms with E-state index >= 15 is 0 Å². The minimum Gasteiger partial charge on any atom is -0.395 e. The van der Waals surface area contributed by atoms with Crippen molar-refractivity contribution in [2.24, 2.45) is 4.99 Å². The van der Waals surface area contributed by atoms with Gasteiger partial charge in [-0.1, -0.05) is 48.0 Å². The summed E-state index contributed by atoms with van der Waals surface area (Å²) in [7, 11) is 0. The topological polar surface area (TPSA) is 37.5 Å². The van der Waals surface area contributed by atoms with Gasteiger partial charge in [-0.2, -0.15) is 0 Å². The van der Waals surface area contributed by atoms with Gasteiger partial charge in [-0.25, -0.2) is 4.99 Å². The molecule has 0 radical (unpaired) electrons. The predicted molar refractivity (Wildman–Crippen MR) is 91.2 cm³/mol. The minimum absolute atomic E-state index is 0.0948. The monoisotopic (exact) mass is 310 g/mol. The molecule has 0 bridgehead atoms. The van der Waals surface area contributed by atoms with Crippen LogP contribution in [0.1, 0.15) is 5.56 Å². The van der Waals surface area contributed by atoms with E-state index in [2.05, 4.69) is 41.1 Å². The zero-order valence-electron chi connectivity index (χ0n) is 12.4. The van der Waals surface area contributed by atoms with E-state index in [1.165, 1.54) is 5.56 Å². The number of aryl methyl sites for hydroxylation is 1. The number of thiazole rings is 1. The van der Waals surface area contributed by atoms with Crippen LogP contribution in [0.15, 0.2) is 65.0 Å². The molecule has 0 aliphatic rings. The quantitative estimate of drug-likeness (QED) is 0.783. The van der Waals surface area contributed by atoms with E-state index in [4.69, 9.17) is 4.99 Å². The number of aliphatic hydroxyl groups excluding tert-OH is 1. The van der Waals surface area contributed by atoms with Crippen LogP contribution in [0.25, 0.3) is 11.3 Å². The molecule has 0 amide bonds. The summed E-state index contributed by atoms with van der Waals surface area (Å²) in [6.45, 7) is 2.71. The van der Waals surface area contributed by atoms with Gasteiger partial charge in [-0.05, 0) is 24.6 Å². The first kappa shape index (κ1) is 14.8. The van der Waals surface area contributed by atoms with Crippen LogP contribution in [0, 0.1) is 6.92 Å². The molecule has 3 rings (SSSR count). The van der Waals surface area contributed by atoms with Crippen LogP contribution in [0.3, 0.4) is 0 Å². The molecule has 0 aliphatic carbocycles. The first-order chi connectivity index (χ1) is 10.8. The fourth-order valence-corrected chi connectivity index (χ4v) is 3.26. The number of benzene rings is 2. The Kier molecular flexibility index (Phi) is 4.51. The van der Waals surface area contributed by atoms with Crippen LogP contribution in [0.2, 0.25) is 0 Å². The van der Waals surface area contributed by atoms with Crippen molar-refractivity contribution >= 4 is 17.0 Å². The third kappa shape index (κ3) is 3.18. The Morgan fingerprint density at radius 2 is 1.77 bits per heavy atom. The summed E-state index contributed by atoms with van der Waals surface area (Å²) in [6, 6.07) is 18.3. The van der Waals surface area contributed by atoms with Crippen LogP contribution >= 0.6 is 11.3 Å². The lowest BCUT2D eigenvalue weighted by atomic mass is 10.1. The second kappa shape index (κ2) is 6.73. The SMILES string of the molecule is Cc1ccc(-c2csc(=Nc3ccccc3)n2CCO)cc1. The highest BCUT2D eigenvalue weighted by molar-refractivity contribution is 7.07. The smallest absolute Gasteiger partial charge is 0.190 e. The standard InChI is InChI=1S/C18H18N2OS/c1-14-7-9-15(10-8-14)17-13-22-18(20(17)11-12-21)19-16-5-3-2-4-6-16/h2-10,13,21H,11-12H2,1H3. The zero-order chi connectivity index (χ0) is 15.4. The molecule has 0 saturated heterocycles. The number of hydrogen-bond donors (Lipinski definition) is 1. The van der Waals surface area contributed by atoms with Crippen molar-refractivity contribution in [3.63, 3.8) is 0 Å². The Morgan fingerprint density at radius 3 is 2.45 bits per heavy atom. The Bertz CT molecular complexity index is 801. The first-order valence-corrected chi connectivity index (χ1v) is 8.12. The maximum absolute atomic E-state index is 9.39. The van der Waals surface area contributed by atoms with E-state index in [1.807, 2.05) is 30.3 Å². The first-order valence-electron chi connectivity index (χ1n) is 7.24. The van der Waals surface area contributed by atoms with E-state index < -0.39 is 0 Å². The van der Waals surface area contributed by atoms with Gasteiger partial charge < -0.3 is 9.67 Å². The van der Waals surface area contributed by atoms with Crippen LogP contribution in [0.4, 0.5) is 5.69 Å². The molecular weight excluding hydrogens is 292 g/mol. The number of aromatic nitrogens is 1. The molecule has 1 aromatic heterocycles. The maximum Gasteiger partial charge on any atom is 0.190 e. The Labute approximate surface area is 133 Å². The Balaban J connectivity index is 2.09. The van der Waals surface area contributed by atoms with Gasteiger partial charge >= 0.3 is 0 Å². The van der Waals surface area contributed by atoms with E-state index in [0.717, 1.165) is 21.7 Å². The number of rotatable bonds is 4. The minimum atomic E-state index is 0.0948. The van der Waals surface area contributed by atoms with Crippen molar-refractivity contribution in [1.82, 2.24) is 4.57 Å². The van der Waals surface area contributed by atoms with Crippen molar-refractivity contribution in [2.75, 3.05) is 6.61 Å². The Hall–Kier alpha value is -2.17. The fraction of sp³-hybridized carbons (Fsp3) is 0.167. The average molecular weight is 310 g/mol. The third-order valence-electron chi connectivity index (χ3n) is 3.45. The largest absolute Gasteiger partial charge is 0.395 e. The van der Waals surface area contributed by atoms with Gasteiger partial charge in [0.2, 0.25) is 0 Å². The lowest BCUT2D eigenvalue weighted by Gasteiger charge is -2.07. The highest BCUT2D eigenvalue weighted by Gasteiger charge is 2.07. The van der Waals surface area contributed by atoms with Gasteiger partial charge in [0.1, 0.15) is 0 Å². The molecule has 2 aromatic carbocycles. The summed E-state index contributed by atoms with van der Waals surface area (Å²) in [5.74, 6) is 0. The van der Waals surface area contributed by atoms with Crippen LogP contribution in [-0.2, 0) is 6.54 Å². The van der Waals surface area contributed by atoms with Crippen molar-refractivity contribution < 1.29 is 5.11 Å². The maximum atomic E-state index is 9.39. The average Bonchev–Trinajstić information content (AvgIpc) is 2.92. The second-order valence-corrected chi connectivity index (χ2v) is 5.93. The third-order valence-corrected chi connectivity index (χ3v) is 4.31. The molecule has 0 atom stereocenters. The lowest BCUT2D eigenvalue weighted by molar-refractivity contribution is 0.275. The molecule has 3 aromatic rings. The highest BCUT2D eigenvalue weighted by Crippen LogP contribution is 2.21. The lowest BCUT2D eigenvalue weighted by Crippen LogP contribution is -2.17. The van der Waals surface area contributed by atoms with Crippen molar-refractivity contribution in [3.05, 3.63) is 70.3 Å². The van der Waals surface area contributed by atoms with E-state index in [1.54, 1.807) is 11.3 Å². The zero-order valence-corrected chi connectivity index (χ0v) is 13.3. The molecule has 0 aliphatic heterocycles. The summed E-state index contributed by atoms with van der Waals surface area (Å²) in [5.41, 5.74) is 4.40. The van der Waals surface area contributed by atoms with Crippen LogP contribution in [-0.4, -0.2) is 16.3 Å². The summed E-state index contributed by atoms with van der Waals surface area (Å²) in [5, 5.41) is 11.5. The highest BCUT2D eigenvalue weighted by atomic mass is 32.1. The van der Waals surface area contributed by atoms with Gasteiger partial charge in [0.25, 0.3) is 0 Å². The molecule has 1 N–H and O–H groups in total. The molecule has 4 heteroatoms. The van der Waals surface area contributed by atoms with E-state index in [0.29, 0.717) is 6.54 Å². The van der Waals surface area contributed by atoms with Gasteiger partial charge in [-0.15, -0.1) is 11.3 Å². The molecule has 0 fully saturated rings. The van der Waals surface area contributed by atoms with E-state index in [-0.39, 0.29) is 6.61 Å². The van der Waals surface area contributed by atoms with Crippen LogP contribution in [0.5, 0.6) is 0 Å². The summed E-state index contributed by atoms with van der Waals surface area (Å²) in [4.78, 5) is 5.59. The Morgan fingerprint density at radius 1 is 1.05 bits per heavy atom. The summed E-state index contributed by atoms with van der Waals surface area (Å²) < 4.78 is 2.07. The van der Waals surface area contributed by atoms with Crippen molar-refractivity contribution in [2.45, 2.75) is 13.5 Å². The van der Waals surface area contributed by atoms with Gasteiger partial charge in [0.15, 0.2) is 4.80 Å². The van der Waals surface area contributed by atoms with Gasteiger partial charge in [-0.3, -0.25) is 0 Å². The molecule has 1 heterocycles. The molecule has 22 heavy (non-hydrogen) atoms. The normalized spacial score (nSPS) is 11.8. The molecule has 3 nitrogen and oxygen atoms in total. The number of aliphatic hydroxyl groups is 1. The number of nitrogens with zero attached hydrogens (tertiary/aromatic N) is 2.